The molecule has 0 saturated carbocycles. The van der Waals surface area contributed by atoms with Crippen LogP contribution in [0, 0.1) is 19.8 Å². The second-order valence-electron chi connectivity index (χ2n) is 11.7. The third-order valence-corrected chi connectivity index (χ3v) is 9.80. The van der Waals surface area contributed by atoms with Crippen LogP contribution >= 0.6 is 23.2 Å². The van der Waals surface area contributed by atoms with Crippen molar-refractivity contribution in [2.24, 2.45) is 5.92 Å². The highest BCUT2D eigenvalue weighted by Crippen LogP contribution is 2.30. The van der Waals surface area contributed by atoms with Crippen LogP contribution in [0.15, 0.2) is 102 Å². The minimum atomic E-state index is -4.21. The van der Waals surface area contributed by atoms with Crippen molar-refractivity contribution in [1.29, 1.82) is 0 Å². The van der Waals surface area contributed by atoms with E-state index in [0.717, 1.165) is 21.0 Å². The zero-order valence-corrected chi connectivity index (χ0v) is 28.7. The lowest BCUT2D eigenvalue weighted by atomic mass is 10.0. The Morgan fingerprint density at radius 2 is 1.43 bits per heavy atom. The van der Waals surface area contributed by atoms with Crippen LogP contribution in [-0.2, 0) is 32.6 Å². The van der Waals surface area contributed by atoms with Gasteiger partial charge in [-0.25, -0.2) is 8.42 Å². The number of carbonyl (C=O) groups excluding carboxylic acids is 2. The van der Waals surface area contributed by atoms with E-state index in [1.165, 1.54) is 17.0 Å². The molecule has 0 aromatic heterocycles. The van der Waals surface area contributed by atoms with E-state index in [9.17, 15) is 18.0 Å². The van der Waals surface area contributed by atoms with E-state index < -0.39 is 28.5 Å². The first-order valence-corrected chi connectivity index (χ1v) is 17.3. The van der Waals surface area contributed by atoms with E-state index >= 15 is 0 Å². The number of nitrogens with one attached hydrogen (secondary N) is 1. The van der Waals surface area contributed by atoms with Crippen LogP contribution in [0.1, 0.15) is 36.1 Å². The number of aryl methyl sites for hydroxylation is 2. The number of anilines is 1. The number of rotatable bonds is 13. The first kappa shape index (κ1) is 35.0. The average molecular weight is 681 g/mol. The number of hydrogen-bond acceptors (Lipinski definition) is 4. The minimum absolute atomic E-state index is 0.0417. The van der Waals surface area contributed by atoms with Crippen molar-refractivity contribution in [1.82, 2.24) is 10.2 Å². The van der Waals surface area contributed by atoms with Crippen LogP contribution in [0.2, 0.25) is 10.0 Å². The Hall–Kier alpha value is -3.85. The minimum Gasteiger partial charge on any atom is -0.354 e. The lowest BCUT2D eigenvalue weighted by molar-refractivity contribution is -0.140. The van der Waals surface area contributed by atoms with E-state index in [1.54, 1.807) is 61.5 Å². The summed E-state index contributed by atoms with van der Waals surface area (Å²) in [6, 6.07) is 26.8. The van der Waals surface area contributed by atoms with Crippen molar-refractivity contribution in [3.05, 3.63) is 129 Å². The summed E-state index contributed by atoms with van der Waals surface area (Å²) in [6.07, 6.45) is 0.231. The molecule has 4 rings (SSSR count). The summed E-state index contributed by atoms with van der Waals surface area (Å²) < 4.78 is 29.6. The molecule has 10 heteroatoms. The van der Waals surface area contributed by atoms with E-state index in [1.807, 2.05) is 51.1 Å². The first-order chi connectivity index (χ1) is 21.8. The molecule has 0 aliphatic heterocycles. The summed E-state index contributed by atoms with van der Waals surface area (Å²) in [5, 5.41) is 3.97. The molecule has 2 amide bonds. The summed E-state index contributed by atoms with van der Waals surface area (Å²) in [5.74, 6) is -0.680. The smallest absolute Gasteiger partial charge is 0.264 e. The topological polar surface area (TPSA) is 86.8 Å². The highest BCUT2D eigenvalue weighted by atomic mass is 35.5. The zero-order chi connectivity index (χ0) is 33.4. The van der Waals surface area contributed by atoms with Crippen molar-refractivity contribution in [2.45, 2.75) is 51.6 Å². The number of carbonyl (C=O) groups is 2. The van der Waals surface area contributed by atoms with Crippen molar-refractivity contribution in [3.8, 4) is 0 Å². The number of amides is 2. The quantitative estimate of drug-likeness (QED) is 0.162. The third-order valence-electron chi connectivity index (χ3n) is 7.54. The van der Waals surface area contributed by atoms with Crippen molar-refractivity contribution in [3.63, 3.8) is 0 Å². The maximum Gasteiger partial charge on any atom is 0.264 e. The fourth-order valence-corrected chi connectivity index (χ4v) is 6.84. The van der Waals surface area contributed by atoms with Gasteiger partial charge >= 0.3 is 0 Å². The lowest BCUT2D eigenvalue weighted by Crippen LogP contribution is -2.53. The van der Waals surface area contributed by atoms with Crippen LogP contribution in [0.3, 0.4) is 0 Å². The van der Waals surface area contributed by atoms with Gasteiger partial charge in [-0.15, -0.1) is 0 Å². The molecule has 0 saturated heterocycles. The van der Waals surface area contributed by atoms with E-state index in [2.05, 4.69) is 5.32 Å². The van der Waals surface area contributed by atoms with Gasteiger partial charge in [0.2, 0.25) is 11.8 Å². The molecule has 1 N–H and O–H groups in total. The number of nitrogens with zero attached hydrogens (tertiary/aromatic N) is 2. The number of sulfonamides is 1. The highest BCUT2D eigenvalue weighted by Gasteiger charge is 2.35. The fraction of sp³-hybridized carbons (Fsp3) is 0.278. The third kappa shape index (κ3) is 9.12. The van der Waals surface area contributed by atoms with Crippen LogP contribution < -0.4 is 9.62 Å². The number of hydrogen-bond donors (Lipinski definition) is 1. The van der Waals surface area contributed by atoms with Crippen LogP contribution in [-0.4, -0.2) is 44.3 Å². The highest BCUT2D eigenvalue weighted by molar-refractivity contribution is 7.92. The largest absolute Gasteiger partial charge is 0.354 e. The molecule has 0 radical (unpaired) electrons. The standard InChI is InChI=1S/C36H39Cl2N3O4S/c1-25(2)22-39-36(43)34(21-28-8-6-5-7-9-28)40(23-29-12-14-30(37)15-13-29)35(42)24-41(33-19-16-31(38)20-27(33)4)46(44,45)32-17-10-26(3)11-18-32/h5-20,25,34H,21-24H2,1-4H3,(H,39,43)/t34-/m0/s1. The normalized spacial score (nSPS) is 12.1. The van der Waals surface area contributed by atoms with Crippen LogP contribution in [0.5, 0.6) is 0 Å². The van der Waals surface area contributed by atoms with Gasteiger partial charge < -0.3 is 10.2 Å². The molecule has 0 unspecified atom stereocenters. The van der Waals surface area contributed by atoms with Gasteiger partial charge in [-0.2, -0.15) is 0 Å². The van der Waals surface area contributed by atoms with E-state index in [-0.39, 0.29) is 29.7 Å². The summed E-state index contributed by atoms with van der Waals surface area (Å²) in [5.41, 5.74) is 3.39. The molecule has 0 bridgehead atoms. The van der Waals surface area contributed by atoms with Crippen molar-refractivity contribution >= 4 is 50.7 Å². The number of halogens is 2. The molecule has 242 valence electrons. The predicted octanol–water partition coefficient (Wildman–Crippen LogP) is 7.22. The van der Waals surface area contributed by atoms with Gasteiger partial charge in [0.1, 0.15) is 12.6 Å². The molecule has 0 heterocycles. The average Bonchev–Trinajstić information content (AvgIpc) is 3.02. The first-order valence-electron chi connectivity index (χ1n) is 15.1. The van der Waals surface area contributed by atoms with Gasteiger partial charge in [0.25, 0.3) is 10.0 Å². The van der Waals surface area contributed by atoms with Gasteiger partial charge in [-0.3, -0.25) is 13.9 Å². The Morgan fingerprint density at radius 3 is 2.04 bits per heavy atom. The predicted molar refractivity (Wildman–Crippen MR) is 186 cm³/mol. The molecule has 1 atom stereocenters. The number of benzene rings is 4. The molecule has 4 aromatic carbocycles. The Balaban J connectivity index is 1.82. The monoisotopic (exact) mass is 679 g/mol. The Bertz CT molecular complexity index is 1750. The van der Waals surface area contributed by atoms with Gasteiger partial charge in [-0.1, -0.05) is 97.2 Å². The van der Waals surface area contributed by atoms with Crippen LogP contribution in [0.4, 0.5) is 5.69 Å². The Kier molecular flexibility index (Phi) is 11.9. The maximum absolute atomic E-state index is 14.6. The van der Waals surface area contributed by atoms with Gasteiger partial charge in [-0.05, 0) is 78.9 Å². The lowest BCUT2D eigenvalue weighted by Gasteiger charge is -2.34. The maximum atomic E-state index is 14.6. The van der Waals surface area contributed by atoms with Crippen LogP contribution in [0.25, 0.3) is 0 Å². The SMILES string of the molecule is Cc1ccc(S(=O)(=O)N(CC(=O)N(Cc2ccc(Cl)cc2)[C@@H](Cc2ccccc2)C(=O)NCC(C)C)c2ccc(Cl)cc2C)cc1. The molecule has 46 heavy (non-hydrogen) atoms. The van der Waals surface area contributed by atoms with Crippen molar-refractivity contribution in [2.75, 3.05) is 17.4 Å². The Labute approximate surface area is 282 Å². The zero-order valence-electron chi connectivity index (χ0n) is 26.4. The van der Waals surface area contributed by atoms with E-state index in [0.29, 0.717) is 27.8 Å². The second kappa shape index (κ2) is 15.6. The van der Waals surface area contributed by atoms with E-state index in [4.69, 9.17) is 23.2 Å². The van der Waals surface area contributed by atoms with Gasteiger partial charge in [0.15, 0.2) is 0 Å². The molecule has 7 nitrogen and oxygen atoms in total. The second-order valence-corrected chi connectivity index (χ2v) is 14.5. The molecule has 0 aliphatic carbocycles. The van der Waals surface area contributed by atoms with Crippen molar-refractivity contribution < 1.29 is 18.0 Å². The molecule has 0 aliphatic rings. The molecule has 0 fully saturated rings. The summed E-state index contributed by atoms with van der Waals surface area (Å²) >= 11 is 12.4. The molecular weight excluding hydrogens is 641 g/mol. The summed E-state index contributed by atoms with van der Waals surface area (Å²) in [4.78, 5) is 29.9. The molecule has 0 spiro atoms. The fourth-order valence-electron chi connectivity index (χ4n) is 5.01. The van der Waals surface area contributed by atoms with Gasteiger partial charge in [0, 0.05) is 29.6 Å². The molecule has 4 aromatic rings. The summed E-state index contributed by atoms with van der Waals surface area (Å²) in [7, 11) is -4.21. The van der Waals surface area contributed by atoms with Gasteiger partial charge in [0.05, 0.1) is 10.6 Å². The Morgan fingerprint density at radius 1 is 0.804 bits per heavy atom. The molecular formula is C36H39Cl2N3O4S. The summed E-state index contributed by atoms with van der Waals surface area (Å²) in [6.45, 7) is 7.52.